The normalized spacial score (nSPS) is 26.1. The van der Waals surface area contributed by atoms with Crippen molar-refractivity contribution in [3.8, 4) is 0 Å². The van der Waals surface area contributed by atoms with Crippen molar-refractivity contribution >= 4 is 24.0 Å². The number of likely N-dealkylation sites (N-methyl/N-ethyl adjacent to an activating group) is 1. The van der Waals surface area contributed by atoms with Crippen molar-refractivity contribution in [2.24, 2.45) is 4.41 Å². The summed E-state index contributed by atoms with van der Waals surface area (Å²) >= 11 is 0. The number of hydrogen-bond donors (Lipinski definition) is 0. The van der Waals surface area contributed by atoms with Crippen LogP contribution in [0.1, 0.15) is 35.6 Å². The van der Waals surface area contributed by atoms with E-state index in [9.17, 15) is 0 Å². The van der Waals surface area contributed by atoms with Crippen LogP contribution in [0.2, 0.25) is 39.3 Å². The lowest BCUT2D eigenvalue weighted by atomic mass is 10.0. The second kappa shape index (κ2) is 9.08. The summed E-state index contributed by atoms with van der Waals surface area (Å²) in [4.78, 5) is 0. The van der Waals surface area contributed by atoms with Crippen LogP contribution < -0.4 is 0 Å². The molecular weight excluding hydrogens is 435 g/mol. The Morgan fingerprint density at radius 2 is 1.55 bits per heavy atom. The van der Waals surface area contributed by atoms with Gasteiger partial charge in [-0.15, -0.1) is 0 Å². The zero-order valence-electron chi connectivity index (χ0n) is 20.6. The summed E-state index contributed by atoms with van der Waals surface area (Å²) in [5, 5.41) is 0. The van der Waals surface area contributed by atoms with Crippen LogP contribution in [0, 0.1) is 6.92 Å². The van der Waals surface area contributed by atoms with E-state index in [1.165, 1.54) is 16.7 Å². The number of aryl methyl sites for hydroxylation is 1. The Kier molecular flexibility index (Phi) is 7.22. The summed E-state index contributed by atoms with van der Waals surface area (Å²) in [6.45, 7) is 18.1. The fraction of sp³-hybridized carbons (Fsp3) is 0.500. The average molecular weight is 475 g/mol. The molecule has 0 radical (unpaired) electrons. The zero-order chi connectivity index (χ0) is 23.0. The molecule has 0 N–H and O–H groups in total. The molecule has 4 atom stereocenters. The fourth-order valence-corrected chi connectivity index (χ4v) is 13.3. The molecule has 3 rings (SSSR count). The number of rotatable bonds is 6. The van der Waals surface area contributed by atoms with Gasteiger partial charge in [0.2, 0.25) is 0 Å². The first kappa shape index (κ1) is 24.6. The van der Waals surface area contributed by atoms with Crippen LogP contribution in [-0.2, 0) is 8.95 Å². The number of benzene rings is 2. The molecule has 0 aliphatic carbocycles. The van der Waals surface area contributed by atoms with Crippen LogP contribution in [0.5, 0.6) is 0 Å². The lowest BCUT2D eigenvalue weighted by Gasteiger charge is -2.39. The van der Waals surface area contributed by atoms with E-state index < -0.39 is 24.0 Å². The SMILES string of the molecule is Cc1ccc([C@H](O[Si](C)(C)C)[P@]2(=N[Si](C)(C)C)O[C@H](c3ccccc3)[C@H](C)N2C)cc1. The largest absolute Gasteiger partial charge is 0.402 e. The standard InChI is InChI=1S/C24H39N2O2PSi2/c1-19-15-17-22(18-16-19)24(28-31(7,8)9)29(25-30(4,5)6)26(3)20(2)23(27-29)21-13-11-10-12-14-21/h10-18,20,23-24H,1-9H3/t20-,23-,24+,29+/m0/s1. The van der Waals surface area contributed by atoms with Gasteiger partial charge in [0.1, 0.15) is 11.9 Å². The van der Waals surface area contributed by atoms with E-state index in [1.807, 2.05) is 0 Å². The summed E-state index contributed by atoms with van der Waals surface area (Å²) in [6, 6.07) is 19.6. The van der Waals surface area contributed by atoms with Crippen LogP contribution in [0.15, 0.2) is 59.0 Å². The first-order chi connectivity index (χ1) is 14.3. The minimum absolute atomic E-state index is 0.0159. The third-order valence-electron chi connectivity index (χ3n) is 5.45. The molecule has 7 heteroatoms. The molecular formula is C24H39N2O2PSi2. The Morgan fingerprint density at radius 1 is 0.968 bits per heavy atom. The molecule has 1 fully saturated rings. The monoisotopic (exact) mass is 474 g/mol. The van der Waals surface area contributed by atoms with Crippen molar-refractivity contribution < 1.29 is 8.95 Å². The Bertz CT molecular complexity index is 937. The predicted octanol–water partition coefficient (Wildman–Crippen LogP) is 7.80. The first-order valence-corrected chi connectivity index (χ1v) is 19.7. The highest BCUT2D eigenvalue weighted by atomic mass is 31.2. The first-order valence-electron chi connectivity index (χ1n) is 11.2. The highest BCUT2D eigenvalue weighted by molar-refractivity contribution is 7.60. The van der Waals surface area contributed by atoms with Gasteiger partial charge >= 0.3 is 0 Å². The van der Waals surface area contributed by atoms with Crippen LogP contribution >= 0.6 is 7.43 Å². The van der Waals surface area contributed by atoms with E-state index in [0.29, 0.717) is 0 Å². The number of hydrogen-bond acceptors (Lipinski definition) is 3. The maximum Gasteiger partial charge on any atom is 0.185 e. The molecule has 0 unspecified atom stereocenters. The summed E-state index contributed by atoms with van der Waals surface area (Å²) in [6.07, 6.45) is -0.0159. The summed E-state index contributed by atoms with van der Waals surface area (Å²) in [5.74, 6) is -0.173. The minimum Gasteiger partial charge on any atom is -0.402 e. The van der Waals surface area contributed by atoms with Crippen molar-refractivity contribution in [2.75, 3.05) is 7.05 Å². The molecule has 0 saturated carbocycles. The van der Waals surface area contributed by atoms with Crippen LogP contribution in [-0.4, -0.2) is 34.3 Å². The van der Waals surface area contributed by atoms with Gasteiger partial charge in [-0.1, -0.05) is 60.2 Å². The van der Waals surface area contributed by atoms with E-state index in [1.54, 1.807) is 0 Å². The van der Waals surface area contributed by atoms with Crippen molar-refractivity contribution in [1.82, 2.24) is 4.67 Å². The third-order valence-corrected chi connectivity index (χ3v) is 13.0. The van der Waals surface area contributed by atoms with Gasteiger partial charge in [-0.3, -0.25) is 0 Å². The predicted molar refractivity (Wildman–Crippen MR) is 139 cm³/mol. The Balaban J connectivity index is 2.22. The molecule has 170 valence electrons. The maximum atomic E-state index is 7.13. The molecule has 31 heavy (non-hydrogen) atoms. The van der Waals surface area contributed by atoms with Gasteiger partial charge in [-0.05, 0) is 71.3 Å². The Hall–Kier alpha value is -1.02. The van der Waals surface area contributed by atoms with Crippen molar-refractivity contribution in [3.05, 3.63) is 71.3 Å². The Morgan fingerprint density at radius 3 is 2.06 bits per heavy atom. The topological polar surface area (TPSA) is 34.1 Å². The van der Waals surface area contributed by atoms with Gasteiger partial charge < -0.3 is 13.4 Å². The summed E-state index contributed by atoms with van der Waals surface area (Å²) in [7, 11) is -3.97. The highest BCUT2D eigenvalue weighted by Crippen LogP contribution is 2.73. The molecule has 0 amide bonds. The fourth-order valence-electron chi connectivity index (χ4n) is 3.96. The Labute approximate surface area is 191 Å². The zero-order valence-corrected chi connectivity index (χ0v) is 23.5. The van der Waals surface area contributed by atoms with Crippen molar-refractivity contribution in [2.45, 2.75) is 71.1 Å². The molecule has 1 aliphatic rings. The van der Waals surface area contributed by atoms with Crippen molar-refractivity contribution in [1.29, 1.82) is 0 Å². The van der Waals surface area contributed by atoms with Crippen molar-refractivity contribution in [3.63, 3.8) is 0 Å². The molecule has 0 aromatic heterocycles. The van der Waals surface area contributed by atoms with Gasteiger partial charge in [-0.2, -0.15) is 0 Å². The van der Waals surface area contributed by atoms with E-state index in [4.69, 9.17) is 13.4 Å². The average Bonchev–Trinajstić information content (AvgIpc) is 2.91. The smallest absolute Gasteiger partial charge is 0.185 e. The van der Waals surface area contributed by atoms with Gasteiger partial charge in [-0.25, -0.2) is 4.67 Å². The highest BCUT2D eigenvalue weighted by Gasteiger charge is 2.51. The van der Waals surface area contributed by atoms with E-state index in [-0.39, 0.29) is 18.0 Å². The van der Waals surface area contributed by atoms with Crippen LogP contribution in [0.4, 0.5) is 0 Å². The molecule has 1 heterocycles. The molecule has 1 saturated heterocycles. The second-order valence-corrected chi connectivity index (χ2v) is 22.7. The molecule has 0 bridgehead atoms. The summed E-state index contributed by atoms with van der Waals surface area (Å²) in [5.41, 5.74) is 3.64. The van der Waals surface area contributed by atoms with Gasteiger partial charge in [0.15, 0.2) is 24.0 Å². The van der Waals surface area contributed by atoms with Crippen LogP contribution in [0.25, 0.3) is 0 Å². The maximum absolute atomic E-state index is 7.13. The third kappa shape index (κ3) is 5.67. The molecule has 1 aliphatic heterocycles. The van der Waals surface area contributed by atoms with Crippen LogP contribution in [0.3, 0.4) is 0 Å². The van der Waals surface area contributed by atoms with E-state index >= 15 is 0 Å². The van der Waals surface area contributed by atoms with Gasteiger partial charge in [0, 0.05) is 6.04 Å². The second-order valence-electron chi connectivity index (χ2n) is 10.6. The lowest BCUT2D eigenvalue weighted by molar-refractivity contribution is 0.201. The van der Waals surface area contributed by atoms with Gasteiger partial charge in [0.25, 0.3) is 0 Å². The lowest BCUT2D eigenvalue weighted by Crippen LogP contribution is -2.32. The van der Waals surface area contributed by atoms with E-state index in [2.05, 4.69) is 119 Å². The van der Waals surface area contributed by atoms with Gasteiger partial charge in [0.05, 0.1) is 0 Å². The molecule has 4 nitrogen and oxygen atoms in total. The quantitative estimate of drug-likeness (QED) is 0.316. The molecule has 2 aromatic rings. The summed E-state index contributed by atoms with van der Waals surface area (Å²) < 4.78 is 22.1. The number of nitrogens with zero attached hydrogens (tertiary/aromatic N) is 2. The van der Waals surface area contributed by atoms with E-state index in [0.717, 1.165) is 0 Å². The minimum atomic E-state index is -2.45. The molecule has 2 aromatic carbocycles. The molecule has 0 spiro atoms.